The van der Waals surface area contributed by atoms with Gasteiger partial charge in [0, 0.05) is 18.0 Å². The van der Waals surface area contributed by atoms with Crippen molar-refractivity contribution in [2.45, 2.75) is 11.8 Å². The Morgan fingerprint density at radius 3 is 2.48 bits per heavy atom. The molecule has 9 heteroatoms. The fourth-order valence-corrected chi connectivity index (χ4v) is 3.71. The van der Waals surface area contributed by atoms with Crippen molar-refractivity contribution in [3.63, 3.8) is 0 Å². The van der Waals surface area contributed by atoms with E-state index in [1.165, 1.54) is 18.3 Å². The number of nitrogens with zero attached hydrogens (tertiary/aromatic N) is 1. The van der Waals surface area contributed by atoms with E-state index >= 15 is 0 Å². The Labute approximate surface area is 183 Å². The molecular formula is C22H17ClN2O5S. The highest BCUT2D eigenvalue weighted by Gasteiger charge is 2.16. The fourth-order valence-electron chi connectivity index (χ4n) is 2.97. The molecule has 0 atom stereocenters. The quantitative estimate of drug-likeness (QED) is 0.441. The number of aryl methyl sites for hydroxylation is 1. The second-order valence-electron chi connectivity index (χ2n) is 6.90. The summed E-state index contributed by atoms with van der Waals surface area (Å²) in [5, 5.41) is 3.85. The van der Waals surface area contributed by atoms with Crippen molar-refractivity contribution >= 4 is 44.1 Å². The zero-order valence-electron chi connectivity index (χ0n) is 16.5. The Balaban J connectivity index is 1.67. The number of amides is 1. The smallest absolute Gasteiger partial charge is 0.257 e. The van der Waals surface area contributed by atoms with Gasteiger partial charge in [-0.1, -0.05) is 11.6 Å². The Morgan fingerprint density at radius 1 is 1.10 bits per heavy atom. The molecule has 0 radical (unpaired) electrons. The number of carbonyl (C=O) groups is 1. The van der Waals surface area contributed by atoms with Gasteiger partial charge in [-0.25, -0.2) is 13.4 Å². The number of sulfone groups is 1. The molecule has 0 fully saturated rings. The standard InChI is InChI=1S/C22H17ClN2O5S/c1-13-9-18-19(29-13)10-14(22(26)25-21-8-3-15(23)12-24-21)11-20(18)30-16-4-6-17(7-5-16)31(2,27)28/h3-12H,1-2H3,(H,24,25,26). The molecule has 1 amide bonds. The van der Waals surface area contributed by atoms with Gasteiger partial charge >= 0.3 is 0 Å². The highest BCUT2D eigenvalue weighted by molar-refractivity contribution is 7.90. The number of hydrogen-bond donors (Lipinski definition) is 1. The predicted molar refractivity (Wildman–Crippen MR) is 118 cm³/mol. The first-order chi connectivity index (χ1) is 14.7. The van der Waals surface area contributed by atoms with Gasteiger partial charge in [0.25, 0.3) is 5.91 Å². The monoisotopic (exact) mass is 456 g/mol. The SMILES string of the molecule is Cc1cc2c(Oc3ccc(S(C)(=O)=O)cc3)cc(C(=O)Nc3ccc(Cl)cn3)cc2o1. The maximum atomic E-state index is 12.8. The minimum Gasteiger partial charge on any atom is -0.461 e. The van der Waals surface area contributed by atoms with E-state index in [1.807, 2.05) is 0 Å². The maximum absolute atomic E-state index is 12.8. The molecule has 2 aromatic heterocycles. The van der Waals surface area contributed by atoms with E-state index in [0.29, 0.717) is 44.6 Å². The van der Waals surface area contributed by atoms with Crippen LogP contribution in [-0.2, 0) is 9.84 Å². The average molecular weight is 457 g/mol. The van der Waals surface area contributed by atoms with Crippen LogP contribution >= 0.6 is 11.6 Å². The molecule has 1 N–H and O–H groups in total. The van der Waals surface area contributed by atoms with Crippen LogP contribution in [0.4, 0.5) is 5.82 Å². The normalized spacial score (nSPS) is 11.5. The highest BCUT2D eigenvalue weighted by Crippen LogP contribution is 2.34. The summed E-state index contributed by atoms with van der Waals surface area (Å²) in [4.78, 5) is 17.0. The number of halogens is 1. The van der Waals surface area contributed by atoms with Gasteiger partial charge in [-0.15, -0.1) is 0 Å². The lowest BCUT2D eigenvalue weighted by atomic mass is 10.1. The molecule has 0 saturated carbocycles. The van der Waals surface area contributed by atoms with Crippen LogP contribution in [0.2, 0.25) is 5.02 Å². The number of fused-ring (bicyclic) bond motifs is 1. The number of ether oxygens (including phenoxy) is 1. The summed E-state index contributed by atoms with van der Waals surface area (Å²) in [6.07, 6.45) is 2.57. The molecule has 0 unspecified atom stereocenters. The molecular weight excluding hydrogens is 440 g/mol. The minimum absolute atomic E-state index is 0.188. The molecule has 0 aliphatic heterocycles. The third-order valence-corrected chi connectivity index (χ3v) is 5.79. The second kappa shape index (κ2) is 8.05. The van der Waals surface area contributed by atoms with Crippen molar-refractivity contribution in [1.29, 1.82) is 0 Å². The molecule has 31 heavy (non-hydrogen) atoms. The summed E-state index contributed by atoms with van der Waals surface area (Å²) in [6, 6.07) is 14.3. The van der Waals surface area contributed by atoms with E-state index in [9.17, 15) is 13.2 Å². The summed E-state index contributed by atoms with van der Waals surface area (Å²) >= 11 is 5.83. The number of hydrogen-bond acceptors (Lipinski definition) is 6. The van der Waals surface area contributed by atoms with Gasteiger partial charge in [-0.2, -0.15) is 0 Å². The third-order valence-electron chi connectivity index (χ3n) is 4.43. The number of carbonyl (C=O) groups excluding carboxylic acids is 1. The van der Waals surface area contributed by atoms with Gasteiger partial charge in [0.2, 0.25) is 0 Å². The number of nitrogens with one attached hydrogen (secondary N) is 1. The maximum Gasteiger partial charge on any atom is 0.257 e. The molecule has 0 bridgehead atoms. The minimum atomic E-state index is -3.31. The molecule has 0 aliphatic rings. The van der Waals surface area contributed by atoms with Gasteiger partial charge in [0.15, 0.2) is 9.84 Å². The molecule has 158 valence electrons. The van der Waals surface area contributed by atoms with Gasteiger partial charge in [-0.05, 0) is 61.5 Å². The first-order valence-corrected chi connectivity index (χ1v) is 11.4. The zero-order chi connectivity index (χ0) is 22.2. The Kier molecular flexibility index (Phi) is 5.43. The summed E-state index contributed by atoms with van der Waals surface area (Å²) in [7, 11) is -3.31. The number of benzene rings is 2. The van der Waals surface area contributed by atoms with Crippen molar-refractivity contribution < 1.29 is 22.4 Å². The van der Waals surface area contributed by atoms with Gasteiger partial charge in [0.1, 0.15) is 28.7 Å². The number of aromatic nitrogens is 1. The van der Waals surface area contributed by atoms with Crippen LogP contribution in [0.5, 0.6) is 11.5 Å². The second-order valence-corrected chi connectivity index (χ2v) is 9.36. The lowest BCUT2D eigenvalue weighted by Gasteiger charge is -2.10. The zero-order valence-corrected chi connectivity index (χ0v) is 18.1. The van der Waals surface area contributed by atoms with Crippen molar-refractivity contribution in [1.82, 2.24) is 4.98 Å². The Bertz CT molecular complexity index is 1380. The molecule has 2 heterocycles. The third kappa shape index (κ3) is 4.70. The van der Waals surface area contributed by atoms with Crippen LogP contribution in [0.1, 0.15) is 16.1 Å². The van der Waals surface area contributed by atoms with E-state index in [4.69, 9.17) is 20.8 Å². The van der Waals surface area contributed by atoms with E-state index in [2.05, 4.69) is 10.3 Å². The fraction of sp³-hybridized carbons (Fsp3) is 0.0909. The van der Waals surface area contributed by atoms with Gasteiger partial charge in [-0.3, -0.25) is 4.79 Å². The summed E-state index contributed by atoms with van der Waals surface area (Å²) in [5.74, 6) is 1.43. The molecule has 2 aromatic carbocycles. The molecule has 4 aromatic rings. The van der Waals surface area contributed by atoms with Crippen LogP contribution in [0.15, 0.2) is 70.1 Å². The lowest BCUT2D eigenvalue weighted by molar-refractivity contribution is 0.102. The highest BCUT2D eigenvalue weighted by atomic mass is 35.5. The van der Waals surface area contributed by atoms with Crippen LogP contribution in [0.3, 0.4) is 0 Å². The summed E-state index contributed by atoms with van der Waals surface area (Å²) in [5.41, 5.74) is 0.790. The first kappa shape index (κ1) is 20.9. The van der Waals surface area contributed by atoms with E-state index in [-0.39, 0.29) is 4.90 Å². The van der Waals surface area contributed by atoms with Crippen molar-refractivity contribution in [2.24, 2.45) is 0 Å². The molecule has 7 nitrogen and oxygen atoms in total. The van der Waals surface area contributed by atoms with Crippen molar-refractivity contribution in [2.75, 3.05) is 11.6 Å². The Hall–Kier alpha value is -3.36. The number of rotatable bonds is 5. The lowest BCUT2D eigenvalue weighted by Crippen LogP contribution is -2.12. The van der Waals surface area contributed by atoms with Crippen LogP contribution in [-0.4, -0.2) is 25.6 Å². The molecule has 0 spiro atoms. The molecule has 0 aliphatic carbocycles. The predicted octanol–water partition coefficient (Wildman–Crippen LogP) is 5.24. The van der Waals surface area contributed by atoms with E-state index in [0.717, 1.165) is 6.26 Å². The van der Waals surface area contributed by atoms with Gasteiger partial charge in [0.05, 0.1) is 15.3 Å². The van der Waals surface area contributed by atoms with Crippen LogP contribution in [0.25, 0.3) is 11.0 Å². The Morgan fingerprint density at radius 2 is 1.84 bits per heavy atom. The van der Waals surface area contributed by atoms with Crippen LogP contribution < -0.4 is 10.1 Å². The first-order valence-electron chi connectivity index (χ1n) is 9.14. The number of furan rings is 1. The van der Waals surface area contributed by atoms with E-state index in [1.54, 1.807) is 49.4 Å². The van der Waals surface area contributed by atoms with E-state index < -0.39 is 15.7 Å². The topological polar surface area (TPSA) is 98.5 Å². The van der Waals surface area contributed by atoms with Crippen molar-refractivity contribution in [3.05, 3.63) is 77.1 Å². The average Bonchev–Trinajstić information content (AvgIpc) is 3.10. The van der Waals surface area contributed by atoms with Crippen LogP contribution in [0, 0.1) is 6.92 Å². The number of anilines is 1. The summed E-state index contributed by atoms with van der Waals surface area (Å²) < 4.78 is 35.0. The summed E-state index contributed by atoms with van der Waals surface area (Å²) in [6.45, 7) is 1.79. The molecule has 0 saturated heterocycles. The largest absolute Gasteiger partial charge is 0.461 e. The van der Waals surface area contributed by atoms with Gasteiger partial charge < -0.3 is 14.5 Å². The van der Waals surface area contributed by atoms with Crippen molar-refractivity contribution in [3.8, 4) is 11.5 Å². The number of pyridine rings is 1. The molecule has 4 rings (SSSR count).